The molecule has 0 aromatic heterocycles. The first kappa shape index (κ1) is 20.1. The lowest BCUT2D eigenvalue weighted by molar-refractivity contribution is -0.0808. The maximum absolute atomic E-state index is 6.36. The van der Waals surface area contributed by atoms with Crippen molar-refractivity contribution in [1.29, 1.82) is 0 Å². The van der Waals surface area contributed by atoms with Crippen LogP contribution < -0.4 is 5.73 Å². The van der Waals surface area contributed by atoms with E-state index in [0.29, 0.717) is 0 Å². The first-order valence-corrected chi connectivity index (χ1v) is 9.26. The molecule has 4 nitrogen and oxygen atoms in total. The maximum atomic E-state index is 6.36. The van der Waals surface area contributed by atoms with Crippen molar-refractivity contribution in [2.45, 2.75) is 98.1 Å². The third-order valence-electron chi connectivity index (χ3n) is 2.24. The predicted molar refractivity (Wildman–Crippen MR) is 86.5 cm³/mol. The van der Waals surface area contributed by atoms with Crippen LogP contribution in [0, 0.1) is 0 Å². The summed E-state index contributed by atoms with van der Waals surface area (Å²) in [7, 11) is -3.03. The lowest BCUT2D eigenvalue weighted by Gasteiger charge is -2.45. The standard InChI is InChI=1S/C15H35NO3Si/c1-11-12(16)20(17-13(2,3)4,18-14(5,6)7)19-15(8,9)10/h12H,11,16H2,1-10H3. The minimum absolute atomic E-state index is 0.236. The van der Waals surface area contributed by atoms with Crippen molar-refractivity contribution in [3.8, 4) is 0 Å². The van der Waals surface area contributed by atoms with Crippen LogP contribution in [0.5, 0.6) is 0 Å². The van der Waals surface area contributed by atoms with Gasteiger partial charge in [0.15, 0.2) is 0 Å². The molecule has 0 heterocycles. The van der Waals surface area contributed by atoms with Gasteiger partial charge in [0.05, 0.1) is 22.5 Å². The second-order valence-corrected chi connectivity index (χ2v) is 10.8. The zero-order valence-corrected chi connectivity index (χ0v) is 16.1. The fraction of sp³-hybridized carbons (Fsp3) is 1.00. The molecular formula is C15H35NO3Si. The summed E-state index contributed by atoms with van der Waals surface area (Å²) in [5, 5.41) is 0. The van der Waals surface area contributed by atoms with Crippen LogP contribution in [0.4, 0.5) is 0 Å². The normalized spacial score (nSPS) is 16.4. The van der Waals surface area contributed by atoms with Gasteiger partial charge in [0.25, 0.3) is 0 Å². The second kappa shape index (κ2) is 6.44. The quantitative estimate of drug-likeness (QED) is 0.788. The maximum Gasteiger partial charge on any atom is 0.519 e. The average Bonchev–Trinajstić information content (AvgIpc) is 2.07. The zero-order valence-electron chi connectivity index (χ0n) is 15.1. The highest BCUT2D eigenvalue weighted by Gasteiger charge is 2.54. The molecule has 0 spiro atoms. The van der Waals surface area contributed by atoms with Gasteiger partial charge in [0.1, 0.15) is 0 Å². The number of hydrogen-bond acceptors (Lipinski definition) is 4. The van der Waals surface area contributed by atoms with Crippen LogP contribution >= 0.6 is 0 Å². The van der Waals surface area contributed by atoms with E-state index >= 15 is 0 Å². The molecule has 20 heavy (non-hydrogen) atoms. The Morgan fingerprint density at radius 2 is 1.00 bits per heavy atom. The van der Waals surface area contributed by atoms with Crippen LogP contribution in [0.25, 0.3) is 0 Å². The highest BCUT2D eigenvalue weighted by Crippen LogP contribution is 2.31. The van der Waals surface area contributed by atoms with Crippen molar-refractivity contribution in [3.63, 3.8) is 0 Å². The van der Waals surface area contributed by atoms with Crippen molar-refractivity contribution in [3.05, 3.63) is 0 Å². The zero-order chi connectivity index (χ0) is 16.4. The van der Waals surface area contributed by atoms with E-state index in [1.807, 2.05) is 69.2 Å². The van der Waals surface area contributed by atoms with E-state index in [9.17, 15) is 0 Å². The van der Waals surface area contributed by atoms with Gasteiger partial charge in [0, 0.05) is 0 Å². The van der Waals surface area contributed by atoms with Gasteiger partial charge in [-0.05, 0) is 68.7 Å². The van der Waals surface area contributed by atoms with E-state index in [2.05, 4.69) is 0 Å². The van der Waals surface area contributed by atoms with Crippen molar-refractivity contribution < 1.29 is 13.3 Å². The molecule has 0 bridgehead atoms. The molecule has 2 N–H and O–H groups in total. The van der Waals surface area contributed by atoms with Crippen LogP contribution in [0.1, 0.15) is 75.7 Å². The summed E-state index contributed by atoms with van der Waals surface area (Å²) >= 11 is 0. The fourth-order valence-corrected chi connectivity index (χ4v) is 5.46. The first-order chi connectivity index (χ1) is 8.60. The molecule has 0 amide bonds. The number of hydrogen-bond donors (Lipinski definition) is 1. The van der Waals surface area contributed by atoms with E-state index in [0.717, 1.165) is 6.42 Å². The summed E-state index contributed by atoms with van der Waals surface area (Å²) in [6.07, 6.45) is 0.758. The van der Waals surface area contributed by atoms with E-state index in [4.69, 9.17) is 19.0 Å². The van der Waals surface area contributed by atoms with Gasteiger partial charge in [0.2, 0.25) is 0 Å². The van der Waals surface area contributed by atoms with Crippen LogP contribution in [-0.2, 0) is 13.3 Å². The Labute approximate surface area is 126 Å². The second-order valence-electron chi connectivity index (χ2n) is 8.26. The smallest absolute Gasteiger partial charge is 0.368 e. The van der Waals surface area contributed by atoms with Gasteiger partial charge < -0.3 is 19.0 Å². The molecule has 0 rings (SSSR count). The van der Waals surface area contributed by atoms with Crippen LogP contribution in [0.15, 0.2) is 0 Å². The molecule has 0 radical (unpaired) electrons. The molecule has 5 heteroatoms. The summed E-state index contributed by atoms with van der Waals surface area (Å²) in [5.41, 5.74) is 5.03. The Morgan fingerprint density at radius 3 is 1.15 bits per heavy atom. The van der Waals surface area contributed by atoms with Crippen LogP contribution in [-0.4, -0.2) is 31.3 Å². The highest BCUT2D eigenvalue weighted by atomic mass is 28.4. The molecule has 0 fully saturated rings. The Kier molecular flexibility index (Phi) is 6.46. The number of nitrogens with two attached hydrogens (primary N) is 1. The Bertz CT molecular complexity index is 259. The Balaban J connectivity index is 5.63. The Morgan fingerprint density at radius 1 is 0.750 bits per heavy atom. The minimum Gasteiger partial charge on any atom is -0.368 e. The molecule has 0 aromatic rings. The van der Waals surface area contributed by atoms with Crippen molar-refractivity contribution in [2.75, 3.05) is 0 Å². The van der Waals surface area contributed by atoms with E-state index in [1.54, 1.807) is 0 Å². The molecule has 122 valence electrons. The third kappa shape index (κ3) is 7.74. The van der Waals surface area contributed by atoms with Crippen LogP contribution in [0.2, 0.25) is 0 Å². The molecule has 0 aliphatic rings. The summed E-state index contributed by atoms with van der Waals surface area (Å²) < 4.78 is 18.9. The third-order valence-corrected chi connectivity index (χ3v) is 6.25. The van der Waals surface area contributed by atoms with E-state index < -0.39 is 8.80 Å². The Hall–Kier alpha value is 0.0569. The van der Waals surface area contributed by atoms with Gasteiger partial charge >= 0.3 is 8.80 Å². The first-order valence-electron chi connectivity index (χ1n) is 7.46. The predicted octanol–water partition coefficient (Wildman–Crippen LogP) is 3.65. The molecule has 0 saturated heterocycles. The van der Waals surface area contributed by atoms with Crippen molar-refractivity contribution in [1.82, 2.24) is 0 Å². The molecule has 1 atom stereocenters. The molecule has 0 saturated carbocycles. The molecular weight excluding hydrogens is 270 g/mol. The lowest BCUT2D eigenvalue weighted by atomic mass is 10.2. The summed E-state index contributed by atoms with van der Waals surface area (Å²) in [5.74, 6) is 0. The van der Waals surface area contributed by atoms with Crippen molar-refractivity contribution in [2.24, 2.45) is 5.73 Å². The van der Waals surface area contributed by atoms with Gasteiger partial charge in [-0.1, -0.05) is 6.92 Å². The van der Waals surface area contributed by atoms with Gasteiger partial charge in [-0.3, -0.25) is 0 Å². The average molecular weight is 306 g/mol. The summed E-state index contributed by atoms with van der Waals surface area (Å²) in [6.45, 7) is 20.1. The van der Waals surface area contributed by atoms with Crippen molar-refractivity contribution >= 4 is 8.80 Å². The summed E-state index contributed by atoms with van der Waals surface area (Å²) in [4.78, 5) is 0. The fourth-order valence-electron chi connectivity index (χ4n) is 1.82. The lowest BCUT2D eigenvalue weighted by Crippen LogP contribution is -2.67. The molecule has 0 aromatic carbocycles. The van der Waals surface area contributed by atoms with Gasteiger partial charge in [-0.25, -0.2) is 0 Å². The SMILES string of the molecule is CCC(N)[Si](OC(C)(C)C)(OC(C)(C)C)OC(C)(C)C. The largest absolute Gasteiger partial charge is 0.519 e. The topological polar surface area (TPSA) is 53.7 Å². The van der Waals surface area contributed by atoms with E-state index in [-0.39, 0.29) is 22.5 Å². The molecule has 0 aliphatic heterocycles. The van der Waals surface area contributed by atoms with Gasteiger partial charge in [-0.2, -0.15) is 0 Å². The monoisotopic (exact) mass is 305 g/mol. The highest BCUT2D eigenvalue weighted by molar-refractivity contribution is 6.62. The summed E-state index contributed by atoms with van der Waals surface area (Å²) in [6, 6.07) is 0. The van der Waals surface area contributed by atoms with Crippen LogP contribution in [0.3, 0.4) is 0 Å². The number of rotatable bonds is 5. The minimum atomic E-state index is -3.03. The van der Waals surface area contributed by atoms with E-state index in [1.165, 1.54) is 0 Å². The molecule has 0 aliphatic carbocycles. The van der Waals surface area contributed by atoms with Gasteiger partial charge in [-0.15, -0.1) is 0 Å². The molecule has 1 unspecified atom stereocenters.